The van der Waals surface area contributed by atoms with Crippen molar-refractivity contribution < 1.29 is 43.0 Å². The SMILES string of the molecule is [Cl-].[NH3+][C@H](C(=O)O)[C@](O)(CCc1ccccc1)C(=O)O. The smallest absolute Gasteiger partial charge is 0.366 e. The normalized spacial score (nSPS) is 14.8. The second kappa shape index (κ2) is 7.08. The zero-order valence-corrected chi connectivity index (χ0v) is 10.9. The van der Waals surface area contributed by atoms with Gasteiger partial charge in [-0.3, -0.25) is 0 Å². The monoisotopic (exact) mass is 289 g/mol. The van der Waals surface area contributed by atoms with E-state index in [4.69, 9.17) is 10.2 Å². The predicted octanol–water partition coefficient (Wildman–Crippen LogP) is -3.87. The Hall–Kier alpha value is -1.63. The highest BCUT2D eigenvalue weighted by molar-refractivity contribution is 5.86. The molecule has 0 bridgehead atoms. The summed E-state index contributed by atoms with van der Waals surface area (Å²) in [6.45, 7) is 0. The predicted molar refractivity (Wildman–Crippen MR) is 61.7 cm³/mol. The van der Waals surface area contributed by atoms with E-state index in [1.807, 2.05) is 6.07 Å². The molecule has 0 amide bonds. The highest BCUT2D eigenvalue weighted by Gasteiger charge is 2.49. The minimum atomic E-state index is -2.36. The Bertz CT molecular complexity index is 439. The number of quaternary nitrogens is 1. The molecule has 6 nitrogen and oxygen atoms in total. The van der Waals surface area contributed by atoms with E-state index in [-0.39, 0.29) is 25.2 Å². The second-order valence-corrected chi connectivity index (χ2v) is 4.11. The Balaban J connectivity index is 0.00000324. The van der Waals surface area contributed by atoms with Crippen molar-refractivity contribution in [2.45, 2.75) is 24.5 Å². The Morgan fingerprint density at radius 1 is 1.21 bits per heavy atom. The maximum Gasteiger partial charge on any atom is 0.366 e. The molecule has 0 aliphatic rings. The number of carbonyl (C=O) groups is 2. The summed E-state index contributed by atoms with van der Waals surface area (Å²) in [6.07, 6.45) is 0.0652. The summed E-state index contributed by atoms with van der Waals surface area (Å²) in [7, 11) is 0. The maximum absolute atomic E-state index is 11.0. The van der Waals surface area contributed by atoms with Crippen molar-refractivity contribution in [2.75, 3.05) is 0 Å². The van der Waals surface area contributed by atoms with Gasteiger partial charge in [-0.25, -0.2) is 9.59 Å². The number of rotatable bonds is 6. The van der Waals surface area contributed by atoms with Crippen LogP contribution in [0.3, 0.4) is 0 Å². The molecule has 0 unspecified atom stereocenters. The second-order valence-electron chi connectivity index (χ2n) is 4.11. The summed E-state index contributed by atoms with van der Waals surface area (Å²) in [5.41, 5.74) is 1.68. The molecule has 0 heterocycles. The molecule has 0 aromatic heterocycles. The van der Waals surface area contributed by atoms with Crippen molar-refractivity contribution in [3.05, 3.63) is 35.9 Å². The molecule has 0 saturated carbocycles. The maximum atomic E-state index is 11.0. The van der Waals surface area contributed by atoms with E-state index in [0.29, 0.717) is 0 Å². The third-order valence-corrected chi connectivity index (χ3v) is 2.88. The third-order valence-electron chi connectivity index (χ3n) is 2.88. The van der Waals surface area contributed by atoms with Crippen molar-refractivity contribution in [1.29, 1.82) is 0 Å². The Morgan fingerprint density at radius 2 is 1.74 bits per heavy atom. The fourth-order valence-corrected chi connectivity index (χ4v) is 1.61. The lowest BCUT2D eigenvalue weighted by Crippen LogP contribution is -3.00. The van der Waals surface area contributed by atoms with Gasteiger partial charge in [-0.15, -0.1) is 0 Å². The van der Waals surface area contributed by atoms with E-state index in [9.17, 15) is 14.7 Å². The Kier molecular flexibility index (Phi) is 6.47. The van der Waals surface area contributed by atoms with E-state index in [2.05, 4.69) is 5.73 Å². The van der Waals surface area contributed by atoms with Crippen molar-refractivity contribution in [1.82, 2.24) is 0 Å². The van der Waals surface area contributed by atoms with E-state index >= 15 is 0 Å². The van der Waals surface area contributed by atoms with Crippen molar-refractivity contribution in [3.8, 4) is 0 Å². The molecule has 7 heteroatoms. The minimum absolute atomic E-state index is 0. The topological polar surface area (TPSA) is 122 Å². The summed E-state index contributed by atoms with van der Waals surface area (Å²) < 4.78 is 0. The van der Waals surface area contributed by atoms with Crippen LogP contribution in [-0.4, -0.2) is 38.9 Å². The van der Waals surface area contributed by atoms with Crippen LogP contribution in [0.1, 0.15) is 12.0 Å². The molecule has 0 spiro atoms. The van der Waals surface area contributed by atoms with Crippen LogP contribution in [0.15, 0.2) is 30.3 Å². The molecule has 0 fully saturated rings. The lowest BCUT2D eigenvalue weighted by Gasteiger charge is -2.24. The number of carboxylic acids is 2. The van der Waals surface area contributed by atoms with Crippen LogP contribution in [0.2, 0.25) is 0 Å². The zero-order chi connectivity index (χ0) is 13.8. The number of hydrogen-bond acceptors (Lipinski definition) is 3. The van der Waals surface area contributed by atoms with Gasteiger partial charge < -0.3 is 33.5 Å². The third kappa shape index (κ3) is 4.20. The van der Waals surface area contributed by atoms with Gasteiger partial charge in [0.05, 0.1) is 0 Å². The van der Waals surface area contributed by atoms with E-state index < -0.39 is 23.6 Å². The zero-order valence-electron chi connectivity index (χ0n) is 10.1. The van der Waals surface area contributed by atoms with Gasteiger partial charge in [-0.2, -0.15) is 0 Å². The van der Waals surface area contributed by atoms with Gasteiger partial charge in [-0.05, 0) is 18.4 Å². The van der Waals surface area contributed by atoms with Gasteiger partial charge in [-0.1, -0.05) is 30.3 Å². The molecule has 0 saturated heterocycles. The molecular formula is C12H16ClNO5. The summed E-state index contributed by atoms with van der Waals surface area (Å²) in [5, 5.41) is 27.7. The first kappa shape index (κ1) is 17.4. The average molecular weight is 290 g/mol. The average Bonchev–Trinajstić information content (AvgIpc) is 2.35. The molecule has 1 aromatic rings. The lowest BCUT2D eigenvalue weighted by atomic mass is 9.88. The van der Waals surface area contributed by atoms with Crippen LogP contribution in [0.4, 0.5) is 0 Å². The Labute approximate surface area is 116 Å². The van der Waals surface area contributed by atoms with E-state index in [0.717, 1.165) is 5.56 Å². The minimum Gasteiger partial charge on any atom is -1.00 e. The number of carboxylic acid groups (broad SMARTS) is 2. The van der Waals surface area contributed by atoms with Gasteiger partial charge in [0.15, 0.2) is 0 Å². The molecule has 0 radical (unpaired) electrons. The highest BCUT2D eigenvalue weighted by atomic mass is 35.5. The van der Waals surface area contributed by atoms with E-state index in [1.54, 1.807) is 24.3 Å². The number of halogens is 1. The van der Waals surface area contributed by atoms with Crippen LogP contribution < -0.4 is 18.1 Å². The fourth-order valence-electron chi connectivity index (χ4n) is 1.61. The number of aryl methyl sites for hydroxylation is 1. The van der Waals surface area contributed by atoms with Crippen LogP contribution in [0, 0.1) is 0 Å². The number of aliphatic carboxylic acids is 2. The summed E-state index contributed by atoms with van der Waals surface area (Å²) in [5.74, 6) is -3.01. The fraction of sp³-hybridized carbons (Fsp3) is 0.333. The standard InChI is InChI=1S/C12H15NO5.ClH/c13-9(10(14)15)12(18,11(16)17)7-6-8-4-2-1-3-5-8;/h1-5,9,18H,6-7,13H2,(H,14,15)(H,16,17);1H/t9-,12-;/m1./s1. The molecule has 0 aliphatic carbocycles. The summed E-state index contributed by atoms with van der Waals surface area (Å²) in [4.78, 5) is 21.8. The summed E-state index contributed by atoms with van der Waals surface area (Å²) in [6, 6.07) is 7.33. The van der Waals surface area contributed by atoms with Gasteiger partial charge in [0.2, 0.25) is 11.6 Å². The first-order valence-electron chi connectivity index (χ1n) is 5.43. The lowest BCUT2D eigenvalue weighted by molar-refractivity contribution is -0.436. The molecule has 1 rings (SSSR count). The number of hydrogen-bond donors (Lipinski definition) is 4. The Morgan fingerprint density at radius 3 is 2.16 bits per heavy atom. The van der Waals surface area contributed by atoms with Crippen molar-refractivity contribution in [2.24, 2.45) is 0 Å². The van der Waals surface area contributed by atoms with Gasteiger partial charge >= 0.3 is 11.9 Å². The van der Waals surface area contributed by atoms with Gasteiger partial charge in [0, 0.05) is 0 Å². The molecule has 2 atom stereocenters. The number of benzene rings is 1. The van der Waals surface area contributed by atoms with Crippen LogP contribution in [0.25, 0.3) is 0 Å². The van der Waals surface area contributed by atoms with Crippen molar-refractivity contribution >= 4 is 11.9 Å². The van der Waals surface area contributed by atoms with Gasteiger partial charge in [0.1, 0.15) is 0 Å². The van der Waals surface area contributed by atoms with Gasteiger partial charge in [0.25, 0.3) is 0 Å². The van der Waals surface area contributed by atoms with Crippen LogP contribution in [0.5, 0.6) is 0 Å². The first-order valence-corrected chi connectivity index (χ1v) is 5.43. The highest BCUT2D eigenvalue weighted by Crippen LogP contribution is 2.18. The first-order chi connectivity index (χ1) is 8.38. The molecular weight excluding hydrogens is 274 g/mol. The largest absolute Gasteiger partial charge is 1.00 e. The van der Waals surface area contributed by atoms with Crippen LogP contribution >= 0.6 is 0 Å². The van der Waals surface area contributed by atoms with E-state index in [1.165, 1.54) is 0 Å². The van der Waals surface area contributed by atoms with Crippen LogP contribution in [-0.2, 0) is 16.0 Å². The number of aliphatic hydroxyl groups is 1. The molecule has 0 aliphatic heterocycles. The quantitative estimate of drug-likeness (QED) is 0.427. The summed E-state index contributed by atoms with van der Waals surface area (Å²) >= 11 is 0. The molecule has 106 valence electrons. The molecule has 19 heavy (non-hydrogen) atoms. The van der Waals surface area contributed by atoms with Crippen molar-refractivity contribution in [3.63, 3.8) is 0 Å². The molecule has 1 aromatic carbocycles. The molecule has 6 N–H and O–H groups in total.